The summed E-state index contributed by atoms with van der Waals surface area (Å²) in [6.07, 6.45) is 5.94. The van der Waals surface area contributed by atoms with Crippen LogP contribution in [0.2, 0.25) is 0 Å². The Balaban J connectivity index is 2.12. The minimum absolute atomic E-state index is 0.135. The second kappa shape index (κ2) is 12.2. The molecule has 0 aliphatic carbocycles. The number of esters is 2. The number of methoxy groups -OCH3 is 1. The van der Waals surface area contributed by atoms with E-state index in [4.69, 9.17) is 14.2 Å². The lowest BCUT2D eigenvalue weighted by atomic mass is 9.92. The molecule has 0 saturated heterocycles. The summed E-state index contributed by atoms with van der Waals surface area (Å²) in [4.78, 5) is 24.3. The van der Waals surface area contributed by atoms with Crippen molar-refractivity contribution >= 4 is 22.7 Å². The van der Waals surface area contributed by atoms with E-state index >= 15 is 0 Å². The van der Waals surface area contributed by atoms with Crippen molar-refractivity contribution in [2.75, 3.05) is 13.7 Å². The van der Waals surface area contributed by atoms with Gasteiger partial charge < -0.3 is 19.3 Å². The van der Waals surface area contributed by atoms with E-state index in [1.165, 1.54) is 20.1 Å². The molecule has 1 atom stereocenters. The number of rotatable bonds is 11. The molecule has 0 bridgehead atoms. The van der Waals surface area contributed by atoms with Crippen molar-refractivity contribution in [2.24, 2.45) is 5.92 Å². The van der Waals surface area contributed by atoms with Crippen LogP contribution in [0, 0.1) is 5.92 Å². The maximum Gasteiger partial charge on any atom is 0.338 e. The molecule has 0 spiro atoms. The largest absolute Gasteiger partial charge is 0.507 e. The van der Waals surface area contributed by atoms with Gasteiger partial charge in [-0.2, -0.15) is 0 Å². The number of allylic oxidation sites excluding steroid dienone is 1. The molecule has 1 N–H and O–H groups in total. The molecule has 6 nitrogen and oxygen atoms in total. The smallest absolute Gasteiger partial charge is 0.338 e. The molecule has 0 aliphatic heterocycles. The van der Waals surface area contributed by atoms with Gasteiger partial charge in [0.2, 0.25) is 0 Å². The van der Waals surface area contributed by atoms with Gasteiger partial charge >= 0.3 is 11.9 Å². The molecule has 3 rings (SSSR count). The van der Waals surface area contributed by atoms with Crippen molar-refractivity contribution in [2.45, 2.75) is 46.5 Å². The van der Waals surface area contributed by atoms with E-state index in [-0.39, 0.29) is 23.7 Å². The Bertz CT molecular complexity index is 1260. The topological polar surface area (TPSA) is 82.1 Å². The molecular weight excluding hydrogens is 456 g/mol. The van der Waals surface area contributed by atoms with Gasteiger partial charge in [0.15, 0.2) is 0 Å². The van der Waals surface area contributed by atoms with Crippen LogP contribution < -0.4 is 9.47 Å². The standard InChI is InChI=1S/C30H34O6/c1-6-9-20(7-2)10-11-21-12-13-27(32)24(14-21)22-15-26-25(28(17-22)34-5)16-23(30(33)35-8-3)18-29(26)36-19(4)31/h6,12-18,20,32H,1,7-11H2,2-5H3. The number of phenolic OH excluding ortho intramolecular Hbond substituents is 1. The van der Waals surface area contributed by atoms with Gasteiger partial charge in [0.25, 0.3) is 0 Å². The van der Waals surface area contributed by atoms with E-state index in [1.54, 1.807) is 25.1 Å². The molecule has 36 heavy (non-hydrogen) atoms. The third-order valence-electron chi connectivity index (χ3n) is 6.27. The van der Waals surface area contributed by atoms with Crippen molar-refractivity contribution < 1.29 is 28.9 Å². The molecule has 0 aliphatic rings. The van der Waals surface area contributed by atoms with Crippen LogP contribution in [0.4, 0.5) is 0 Å². The molecule has 1 unspecified atom stereocenters. The lowest BCUT2D eigenvalue weighted by Gasteiger charge is -2.16. The molecule has 0 aromatic heterocycles. The van der Waals surface area contributed by atoms with E-state index in [2.05, 4.69) is 13.5 Å². The molecule has 6 heteroatoms. The summed E-state index contributed by atoms with van der Waals surface area (Å²) in [6, 6.07) is 12.4. The Morgan fingerprint density at radius 1 is 1.06 bits per heavy atom. The summed E-state index contributed by atoms with van der Waals surface area (Å²) in [6.45, 7) is 9.29. The summed E-state index contributed by atoms with van der Waals surface area (Å²) >= 11 is 0. The number of fused-ring (bicyclic) bond motifs is 1. The highest BCUT2D eigenvalue weighted by atomic mass is 16.5. The van der Waals surface area contributed by atoms with E-state index in [1.807, 2.05) is 24.3 Å². The van der Waals surface area contributed by atoms with Crippen LogP contribution in [0.15, 0.2) is 55.1 Å². The first kappa shape index (κ1) is 26.8. The number of phenols is 1. The van der Waals surface area contributed by atoms with Crippen molar-refractivity contribution in [3.05, 3.63) is 66.2 Å². The fraction of sp³-hybridized carbons (Fsp3) is 0.333. The van der Waals surface area contributed by atoms with Crippen molar-refractivity contribution in [3.63, 3.8) is 0 Å². The number of hydrogen-bond acceptors (Lipinski definition) is 6. The average molecular weight is 491 g/mol. The minimum atomic E-state index is -0.522. The number of aromatic hydroxyl groups is 1. The Labute approximate surface area is 212 Å². The summed E-state index contributed by atoms with van der Waals surface area (Å²) in [7, 11) is 1.53. The van der Waals surface area contributed by atoms with Crippen LogP contribution in [0.5, 0.6) is 17.2 Å². The molecule has 190 valence electrons. The summed E-state index contributed by atoms with van der Waals surface area (Å²) in [5.41, 5.74) is 2.71. The predicted molar refractivity (Wildman–Crippen MR) is 142 cm³/mol. The molecule has 0 radical (unpaired) electrons. The van der Waals surface area contributed by atoms with Crippen LogP contribution in [0.3, 0.4) is 0 Å². The molecule has 3 aromatic rings. The molecule has 0 saturated carbocycles. The Morgan fingerprint density at radius 2 is 1.81 bits per heavy atom. The maximum atomic E-state index is 12.4. The van der Waals surface area contributed by atoms with Crippen molar-refractivity contribution in [1.82, 2.24) is 0 Å². The van der Waals surface area contributed by atoms with Crippen LogP contribution in [-0.4, -0.2) is 30.8 Å². The van der Waals surface area contributed by atoms with Crippen LogP contribution in [0.25, 0.3) is 21.9 Å². The fourth-order valence-corrected chi connectivity index (χ4v) is 4.36. The zero-order valence-corrected chi connectivity index (χ0v) is 21.4. The van der Waals surface area contributed by atoms with Crippen molar-refractivity contribution in [3.8, 4) is 28.4 Å². The van der Waals surface area contributed by atoms with Gasteiger partial charge in [0, 0.05) is 23.3 Å². The molecule has 3 aromatic carbocycles. The normalized spacial score (nSPS) is 11.7. The highest BCUT2D eigenvalue weighted by Crippen LogP contribution is 2.41. The van der Waals surface area contributed by atoms with Gasteiger partial charge in [0.1, 0.15) is 17.2 Å². The zero-order valence-electron chi connectivity index (χ0n) is 21.4. The van der Waals surface area contributed by atoms with Crippen LogP contribution in [-0.2, 0) is 16.0 Å². The summed E-state index contributed by atoms with van der Waals surface area (Å²) in [5, 5.41) is 11.9. The summed E-state index contributed by atoms with van der Waals surface area (Å²) in [5.74, 6) is 0.358. The maximum absolute atomic E-state index is 12.4. The van der Waals surface area contributed by atoms with Crippen molar-refractivity contribution in [1.29, 1.82) is 0 Å². The number of hydrogen-bond donors (Lipinski definition) is 1. The van der Waals surface area contributed by atoms with Gasteiger partial charge in [-0.3, -0.25) is 4.79 Å². The number of aryl methyl sites for hydroxylation is 1. The van der Waals surface area contributed by atoms with Crippen LogP contribution >= 0.6 is 0 Å². The first-order valence-corrected chi connectivity index (χ1v) is 12.3. The second-order valence-electron chi connectivity index (χ2n) is 8.75. The number of benzene rings is 3. The second-order valence-corrected chi connectivity index (χ2v) is 8.75. The summed E-state index contributed by atoms with van der Waals surface area (Å²) < 4.78 is 16.3. The lowest BCUT2D eigenvalue weighted by Crippen LogP contribution is -2.07. The number of carbonyl (C=O) groups is 2. The fourth-order valence-electron chi connectivity index (χ4n) is 4.36. The predicted octanol–water partition coefficient (Wildman–Crippen LogP) is 6.86. The minimum Gasteiger partial charge on any atom is -0.507 e. The highest BCUT2D eigenvalue weighted by Gasteiger charge is 2.19. The molecule has 0 fully saturated rings. The van der Waals surface area contributed by atoms with Gasteiger partial charge in [-0.15, -0.1) is 6.58 Å². The lowest BCUT2D eigenvalue weighted by molar-refractivity contribution is -0.131. The van der Waals surface area contributed by atoms with Gasteiger partial charge in [-0.25, -0.2) is 4.79 Å². The molecular formula is C30H34O6. The Hall–Kier alpha value is -3.80. The first-order chi connectivity index (χ1) is 17.3. The van der Waals surface area contributed by atoms with Crippen LogP contribution in [0.1, 0.15) is 56.0 Å². The van der Waals surface area contributed by atoms with E-state index in [9.17, 15) is 14.7 Å². The van der Waals surface area contributed by atoms with Gasteiger partial charge in [-0.1, -0.05) is 25.5 Å². The third-order valence-corrected chi connectivity index (χ3v) is 6.27. The zero-order chi connectivity index (χ0) is 26.2. The number of ether oxygens (including phenoxy) is 3. The Kier molecular flexibility index (Phi) is 9.12. The molecule has 0 heterocycles. The van der Waals surface area contributed by atoms with E-state index < -0.39 is 11.9 Å². The quantitative estimate of drug-likeness (QED) is 0.180. The third kappa shape index (κ3) is 6.25. The average Bonchev–Trinajstić information content (AvgIpc) is 2.86. The number of carbonyl (C=O) groups excluding carboxylic acids is 2. The highest BCUT2D eigenvalue weighted by molar-refractivity contribution is 6.03. The van der Waals surface area contributed by atoms with E-state index in [0.717, 1.165) is 31.2 Å². The molecule has 0 amide bonds. The van der Waals surface area contributed by atoms with Gasteiger partial charge in [-0.05, 0) is 79.6 Å². The van der Waals surface area contributed by atoms with Gasteiger partial charge in [0.05, 0.1) is 19.3 Å². The van der Waals surface area contributed by atoms with E-state index in [0.29, 0.717) is 33.6 Å². The first-order valence-electron chi connectivity index (χ1n) is 12.3. The monoisotopic (exact) mass is 490 g/mol. The SMILES string of the molecule is C=CCC(CC)CCc1ccc(O)c(-c2cc(OC)c3cc(C(=O)OCC)cc(OC(C)=O)c3c2)c1. The Morgan fingerprint density at radius 3 is 2.44 bits per heavy atom.